The molecular formula is C34H51N3O6. The Hall–Kier alpha value is -3.75. The number of amides is 3. The van der Waals surface area contributed by atoms with Crippen molar-refractivity contribution in [2.45, 2.75) is 117 Å². The van der Waals surface area contributed by atoms with E-state index in [9.17, 15) is 24.6 Å². The molecule has 0 aliphatic carbocycles. The molecule has 0 spiro atoms. The first-order chi connectivity index (χ1) is 20.3. The molecule has 9 nitrogen and oxygen atoms in total. The van der Waals surface area contributed by atoms with Gasteiger partial charge in [0, 0.05) is 19.0 Å². The van der Waals surface area contributed by atoms with E-state index < -0.39 is 29.7 Å². The molecule has 0 heterocycles. The fourth-order valence-electron chi connectivity index (χ4n) is 4.96. The Bertz CT molecular complexity index is 1160. The number of unbranched alkanes of at least 4 members (excludes halogenated alkanes) is 4. The molecule has 9 heteroatoms. The Morgan fingerprint density at radius 3 is 2.16 bits per heavy atom. The number of phenols is 2. The van der Waals surface area contributed by atoms with E-state index in [4.69, 9.17) is 4.74 Å². The molecule has 4 N–H and O–H groups in total. The van der Waals surface area contributed by atoms with Crippen molar-refractivity contribution in [3.8, 4) is 11.5 Å². The first-order valence-electron chi connectivity index (χ1n) is 15.5. The molecule has 0 bridgehead atoms. The van der Waals surface area contributed by atoms with Crippen molar-refractivity contribution in [3.63, 3.8) is 0 Å². The molecule has 2 aromatic rings. The summed E-state index contributed by atoms with van der Waals surface area (Å²) in [5.74, 6) is -0.725. The van der Waals surface area contributed by atoms with Gasteiger partial charge in [0.2, 0.25) is 11.8 Å². The SMILES string of the molecule is CCCCCCCN(C(=O)C(Cc1ccc(O)cc1)NC(=O)OC(C)(C)C)C(C(=O)NC(C)CCC)c1cccc(O)c1. The predicted octanol–water partition coefficient (Wildman–Crippen LogP) is 6.38. The van der Waals surface area contributed by atoms with E-state index in [0.717, 1.165) is 38.5 Å². The Morgan fingerprint density at radius 1 is 0.884 bits per heavy atom. The maximum atomic E-state index is 14.5. The Balaban J connectivity index is 2.56. The highest BCUT2D eigenvalue weighted by Crippen LogP contribution is 2.27. The normalized spacial score (nSPS) is 13.4. The number of phenolic OH excluding ortho intramolecular Hbond substituents is 2. The number of nitrogens with one attached hydrogen (secondary N) is 2. The second kappa shape index (κ2) is 17.4. The monoisotopic (exact) mass is 597 g/mol. The van der Waals surface area contributed by atoms with Gasteiger partial charge in [-0.25, -0.2) is 4.79 Å². The average molecular weight is 598 g/mol. The first kappa shape index (κ1) is 35.4. The lowest BCUT2D eigenvalue weighted by Crippen LogP contribution is -2.54. The van der Waals surface area contributed by atoms with Gasteiger partial charge in [0.25, 0.3) is 0 Å². The van der Waals surface area contributed by atoms with E-state index in [2.05, 4.69) is 17.6 Å². The van der Waals surface area contributed by atoms with E-state index in [-0.39, 0.29) is 36.4 Å². The lowest BCUT2D eigenvalue weighted by atomic mass is 9.99. The molecule has 2 rings (SSSR count). The summed E-state index contributed by atoms with van der Waals surface area (Å²) in [5.41, 5.74) is 0.406. The number of carbonyl (C=O) groups is 3. The quantitative estimate of drug-likeness (QED) is 0.166. The fourth-order valence-corrected chi connectivity index (χ4v) is 4.96. The highest BCUT2D eigenvalue weighted by Gasteiger charge is 2.36. The topological polar surface area (TPSA) is 128 Å². The molecule has 0 aliphatic rings. The third-order valence-corrected chi connectivity index (χ3v) is 7.01. The van der Waals surface area contributed by atoms with Crippen molar-refractivity contribution in [3.05, 3.63) is 59.7 Å². The molecule has 0 aromatic heterocycles. The second-order valence-electron chi connectivity index (χ2n) is 12.2. The van der Waals surface area contributed by atoms with Gasteiger partial charge in [-0.15, -0.1) is 0 Å². The summed E-state index contributed by atoms with van der Waals surface area (Å²) in [7, 11) is 0. The summed E-state index contributed by atoms with van der Waals surface area (Å²) < 4.78 is 5.50. The largest absolute Gasteiger partial charge is 0.508 e. The van der Waals surface area contributed by atoms with Crippen molar-refractivity contribution in [2.24, 2.45) is 0 Å². The van der Waals surface area contributed by atoms with Crippen LogP contribution >= 0.6 is 0 Å². The van der Waals surface area contributed by atoms with Gasteiger partial charge in [0.15, 0.2) is 0 Å². The molecule has 3 atom stereocenters. The molecule has 0 saturated carbocycles. The Labute approximate surface area is 257 Å². The lowest BCUT2D eigenvalue weighted by Gasteiger charge is -2.35. The van der Waals surface area contributed by atoms with Crippen LogP contribution in [-0.2, 0) is 20.7 Å². The number of carbonyl (C=O) groups excluding carboxylic acids is 3. The van der Waals surface area contributed by atoms with Crippen molar-refractivity contribution in [1.82, 2.24) is 15.5 Å². The standard InChI is InChI=1S/C34H51N3O6/c1-7-9-10-11-12-21-37(30(26-15-13-16-28(39)23-26)31(40)35-24(3)14-8-2)32(41)29(36-33(42)43-34(4,5)6)22-25-17-19-27(38)20-18-25/h13,15-20,23-24,29-30,38-39H,7-12,14,21-22H2,1-6H3,(H,35,40)(H,36,42). The number of nitrogens with zero attached hydrogens (tertiary/aromatic N) is 1. The molecule has 0 radical (unpaired) electrons. The molecular weight excluding hydrogens is 546 g/mol. The number of alkyl carbamates (subject to hydrolysis) is 1. The number of rotatable bonds is 16. The molecule has 2 aromatic carbocycles. The molecule has 3 unspecified atom stereocenters. The van der Waals surface area contributed by atoms with E-state index in [1.165, 1.54) is 29.2 Å². The van der Waals surface area contributed by atoms with Crippen LogP contribution in [0.1, 0.15) is 104 Å². The van der Waals surface area contributed by atoms with Crippen LogP contribution in [0.15, 0.2) is 48.5 Å². The zero-order valence-electron chi connectivity index (χ0n) is 26.7. The third-order valence-electron chi connectivity index (χ3n) is 7.01. The minimum Gasteiger partial charge on any atom is -0.508 e. The van der Waals surface area contributed by atoms with E-state index >= 15 is 0 Å². The number of ether oxygens (including phenoxy) is 1. The van der Waals surface area contributed by atoms with Gasteiger partial charge < -0.3 is 30.5 Å². The molecule has 0 aliphatic heterocycles. The molecule has 43 heavy (non-hydrogen) atoms. The van der Waals surface area contributed by atoms with Crippen LogP contribution in [-0.4, -0.2) is 57.3 Å². The van der Waals surface area contributed by atoms with Gasteiger partial charge in [-0.2, -0.15) is 0 Å². The van der Waals surface area contributed by atoms with Gasteiger partial charge in [0.1, 0.15) is 29.2 Å². The minimum absolute atomic E-state index is 0.0141. The van der Waals surface area contributed by atoms with Crippen molar-refractivity contribution < 1.29 is 29.3 Å². The van der Waals surface area contributed by atoms with Crippen LogP contribution in [0.25, 0.3) is 0 Å². The number of hydrogen-bond acceptors (Lipinski definition) is 6. The van der Waals surface area contributed by atoms with Gasteiger partial charge in [-0.3, -0.25) is 9.59 Å². The van der Waals surface area contributed by atoms with Crippen LogP contribution in [0, 0.1) is 0 Å². The minimum atomic E-state index is -1.06. The molecule has 0 fully saturated rings. The van der Waals surface area contributed by atoms with E-state index in [0.29, 0.717) is 17.5 Å². The maximum Gasteiger partial charge on any atom is 0.408 e. The van der Waals surface area contributed by atoms with E-state index in [1.807, 2.05) is 13.8 Å². The summed E-state index contributed by atoms with van der Waals surface area (Å²) >= 11 is 0. The van der Waals surface area contributed by atoms with Gasteiger partial charge in [-0.1, -0.05) is 70.2 Å². The fraction of sp³-hybridized carbons (Fsp3) is 0.559. The summed E-state index contributed by atoms with van der Waals surface area (Å²) in [5, 5.41) is 25.9. The summed E-state index contributed by atoms with van der Waals surface area (Å²) in [6.45, 7) is 11.6. The van der Waals surface area contributed by atoms with Crippen LogP contribution in [0.5, 0.6) is 11.5 Å². The van der Waals surface area contributed by atoms with Gasteiger partial charge in [0.05, 0.1) is 0 Å². The summed E-state index contributed by atoms with van der Waals surface area (Å²) in [6, 6.07) is 10.6. The number of benzene rings is 2. The van der Waals surface area contributed by atoms with Gasteiger partial charge >= 0.3 is 6.09 Å². The smallest absolute Gasteiger partial charge is 0.408 e. The predicted molar refractivity (Wildman–Crippen MR) is 169 cm³/mol. The van der Waals surface area contributed by atoms with Crippen LogP contribution in [0.4, 0.5) is 4.79 Å². The van der Waals surface area contributed by atoms with Crippen LogP contribution < -0.4 is 10.6 Å². The van der Waals surface area contributed by atoms with Crippen LogP contribution in [0.2, 0.25) is 0 Å². The summed E-state index contributed by atoms with van der Waals surface area (Å²) in [6.07, 6.45) is 5.71. The highest BCUT2D eigenvalue weighted by molar-refractivity contribution is 5.92. The molecule has 3 amide bonds. The number of hydrogen-bond donors (Lipinski definition) is 4. The second-order valence-corrected chi connectivity index (χ2v) is 12.2. The van der Waals surface area contributed by atoms with Crippen molar-refractivity contribution >= 4 is 17.9 Å². The highest BCUT2D eigenvalue weighted by atomic mass is 16.6. The van der Waals surface area contributed by atoms with Crippen molar-refractivity contribution in [1.29, 1.82) is 0 Å². The molecule has 0 saturated heterocycles. The zero-order chi connectivity index (χ0) is 32.0. The summed E-state index contributed by atoms with van der Waals surface area (Å²) in [4.78, 5) is 42.9. The number of aromatic hydroxyl groups is 2. The maximum absolute atomic E-state index is 14.5. The van der Waals surface area contributed by atoms with Crippen molar-refractivity contribution in [2.75, 3.05) is 6.54 Å². The van der Waals surface area contributed by atoms with E-state index in [1.54, 1.807) is 45.0 Å². The zero-order valence-corrected chi connectivity index (χ0v) is 26.7. The average Bonchev–Trinajstić information content (AvgIpc) is 2.91. The lowest BCUT2D eigenvalue weighted by molar-refractivity contribution is -0.142. The van der Waals surface area contributed by atoms with Gasteiger partial charge in [-0.05, 0) is 75.9 Å². The Kier molecular flexibility index (Phi) is 14.3. The third kappa shape index (κ3) is 12.6. The first-order valence-corrected chi connectivity index (χ1v) is 15.5. The van der Waals surface area contributed by atoms with Crippen LogP contribution in [0.3, 0.4) is 0 Å². The Morgan fingerprint density at radius 2 is 1.56 bits per heavy atom. The molecule has 238 valence electrons.